The Kier molecular flexibility index (Phi) is 1.67. The molecule has 1 amide bonds. The van der Waals surface area contributed by atoms with E-state index in [1.54, 1.807) is 0 Å². The fraction of sp³-hybridized carbons (Fsp3) is 0.583. The van der Waals surface area contributed by atoms with Crippen LogP contribution in [0.15, 0.2) is 24.3 Å². The van der Waals surface area contributed by atoms with Gasteiger partial charge in [-0.3, -0.25) is 4.79 Å². The van der Waals surface area contributed by atoms with Crippen LogP contribution in [0, 0.1) is 11.8 Å². The molecule has 15 heavy (non-hydrogen) atoms. The SMILES string of the molecule is CC1(C)CO[C@@H]2[C@H]3C=CC=C[C@H]3C(=O)N21. The first-order valence-electron chi connectivity index (χ1n) is 5.41. The summed E-state index contributed by atoms with van der Waals surface area (Å²) in [6, 6.07) is 0. The minimum atomic E-state index is -0.152. The summed E-state index contributed by atoms with van der Waals surface area (Å²) in [6.07, 6.45) is 8.00. The second kappa shape index (κ2) is 2.73. The molecular weight excluding hydrogens is 190 g/mol. The Hall–Kier alpha value is -1.09. The molecule has 0 aromatic heterocycles. The molecule has 2 heterocycles. The smallest absolute Gasteiger partial charge is 0.232 e. The molecule has 0 unspecified atom stereocenters. The highest BCUT2D eigenvalue weighted by molar-refractivity contribution is 5.85. The van der Waals surface area contributed by atoms with E-state index in [1.807, 2.05) is 23.1 Å². The number of nitrogens with zero attached hydrogens (tertiary/aromatic N) is 1. The summed E-state index contributed by atoms with van der Waals surface area (Å²) in [4.78, 5) is 14.1. The molecule has 1 aliphatic carbocycles. The summed E-state index contributed by atoms with van der Waals surface area (Å²) in [5.41, 5.74) is -0.152. The molecule has 3 nitrogen and oxygen atoms in total. The standard InChI is InChI=1S/C12H15NO2/c1-12(2)7-15-11-9-6-4-3-5-8(9)10(14)13(11)12/h3-6,8-9,11H,7H2,1-2H3/t8-,9+,11-/m1/s1. The molecule has 0 radical (unpaired) electrons. The van der Waals surface area contributed by atoms with Crippen molar-refractivity contribution in [1.82, 2.24) is 4.90 Å². The van der Waals surface area contributed by atoms with E-state index in [2.05, 4.69) is 19.9 Å². The number of hydrogen-bond acceptors (Lipinski definition) is 2. The van der Waals surface area contributed by atoms with E-state index < -0.39 is 0 Å². The second-order valence-corrected chi connectivity index (χ2v) is 5.10. The summed E-state index contributed by atoms with van der Waals surface area (Å²) in [5, 5.41) is 0. The van der Waals surface area contributed by atoms with Gasteiger partial charge in [0.25, 0.3) is 0 Å². The van der Waals surface area contributed by atoms with Crippen molar-refractivity contribution in [1.29, 1.82) is 0 Å². The van der Waals surface area contributed by atoms with E-state index in [0.29, 0.717) is 6.61 Å². The average molecular weight is 205 g/mol. The second-order valence-electron chi connectivity index (χ2n) is 5.10. The normalized spacial score (nSPS) is 40.8. The van der Waals surface area contributed by atoms with E-state index >= 15 is 0 Å². The number of amides is 1. The average Bonchev–Trinajstić information content (AvgIpc) is 2.67. The fourth-order valence-corrected chi connectivity index (χ4v) is 2.79. The van der Waals surface area contributed by atoms with Gasteiger partial charge < -0.3 is 9.64 Å². The van der Waals surface area contributed by atoms with Crippen LogP contribution in [0.5, 0.6) is 0 Å². The summed E-state index contributed by atoms with van der Waals surface area (Å²) in [6.45, 7) is 4.77. The van der Waals surface area contributed by atoms with E-state index in [0.717, 1.165) is 0 Å². The van der Waals surface area contributed by atoms with Gasteiger partial charge in [-0.1, -0.05) is 24.3 Å². The lowest BCUT2D eigenvalue weighted by atomic mass is 9.90. The molecule has 3 atom stereocenters. The lowest BCUT2D eigenvalue weighted by molar-refractivity contribution is -0.134. The Bertz CT molecular complexity index is 370. The molecule has 80 valence electrons. The number of fused-ring (bicyclic) bond motifs is 3. The first-order chi connectivity index (χ1) is 7.11. The van der Waals surface area contributed by atoms with Gasteiger partial charge >= 0.3 is 0 Å². The Morgan fingerprint density at radius 3 is 2.93 bits per heavy atom. The number of allylic oxidation sites excluding steroid dienone is 2. The molecule has 2 saturated heterocycles. The Morgan fingerprint density at radius 1 is 1.40 bits per heavy atom. The van der Waals surface area contributed by atoms with Crippen LogP contribution in [-0.2, 0) is 9.53 Å². The van der Waals surface area contributed by atoms with Gasteiger partial charge in [0.05, 0.1) is 18.1 Å². The molecule has 0 spiro atoms. The number of carbonyl (C=O) groups excluding carboxylic acids is 1. The topological polar surface area (TPSA) is 29.5 Å². The van der Waals surface area contributed by atoms with Gasteiger partial charge in [-0.05, 0) is 13.8 Å². The Labute approximate surface area is 89.4 Å². The summed E-state index contributed by atoms with van der Waals surface area (Å²) in [7, 11) is 0. The van der Waals surface area contributed by atoms with Crippen LogP contribution in [-0.4, -0.2) is 29.2 Å². The van der Waals surface area contributed by atoms with Crippen LogP contribution in [0.2, 0.25) is 0 Å². The van der Waals surface area contributed by atoms with Crippen LogP contribution in [0.4, 0.5) is 0 Å². The van der Waals surface area contributed by atoms with E-state index in [9.17, 15) is 4.79 Å². The zero-order chi connectivity index (χ0) is 10.6. The third-order valence-electron chi connectivity index (χ3n) is 3.54. The van der Waals surface area contributed by atoms with Gasteiger partial charge in [0.15, 0.2) is 0 Å². The molecular formula is C12H15NO2. The minimum Gasteiger partial charge on any atom is -0.355 e. The summed E-state index contributed by atoms with van der Waals surface area (Å²) < 4.78 is 5.75. The summed E-state index contributed by atoms with van der Waals surface area (Å²) in [5.74, 6) is 0.428. The van der Waals surface area contributed by atoms with Gasteiger partial charge in [0, 0.05) is 5.92 Å². The first kappa shape index (κ1) is 9.16. The van der Waals surface area contributed by atoms with E-state index in [4.69, 9.17) is 4.74 Å². The van der Waals surface area contributed by atoms with Crippen LogP contribution < -0.4 is 0 Å². The van der Waals surface area contributed by atoms with Gasteiger partial charge in [0.2, 0.25) is 5.91 Å². The Balaban J connectivity index is 2.02. The first-order valence-corrected chi connectivity index (χ1v) is 5.41. The monoisotopic (exact) mass is 205 g/mol. The lowest BCUT2D eigenvalue weighted by Crippen LogP contribution is -2.44. The van der Waals surface area contributed by atoms with Gasteiger partial charge in [-0.15, -0.1) is 0 Å². The van der Waals surface area contributed by atoms with Crippen molar-refractivity contribution in [2.24, 2.45) is 11.8 Å². The summed E-state index contributed by atoms with van der Waals surface area (Å²) >= 11 is 0. The number of carbonyl (C=O) groups is 1. The zero-order valence-electron chi connectivity index (χ0n) is 9.01. The van der Waals surface area contributed by atoms with Crippen molar-refractivity contribution in [3.05, 3.63) is 24.3 Å². The van der Waals surface area contributed by atoms with Crippen molar-refractivity contribution in [2.75, 3.05) is 6.61 Å². The number of hydrogen-bond donors (Lipinski definition) is 0. The number of ether oxygens (including phenoxy) is 1. The van der Waals surface area contributed by atoms with Gasteiger partial charge in [0.1, 0.15) is 6.23 Å². The van der Waals surface area contributed by atoms with Crippen molar-refractivity contribution in [3.63, 3.8) is 0 Å². The van der Waals surface area contributed by atoms with Crippen molar-refractivity contribution < 1.29 is 9.53 Å². The molecule has 3 aliphatic rings. The predicted molar refractivity (Wildman–Crippen MR) is 55.9 cm³/mol. The van der Waals surface area contributed by atoms with Crippen LogP contribution in [0.1, 0.15) is 13.8 Å². The van der Waals surface area contributed by atoms with E-state index in [-0.39, 0.29) is 29.5 Å². The van der Waals surface area contributed by atoms with Gasteiger partial charge in [-0.25, -0.2) is 0 Å². The quantitative estimate of drug-likeness (QED) is 0.597. The third kappa shape index (κ3) is 1.07. The highest BCUT2D eigenvalue weighted by Gasteiger charge is 2.55. The maximum absolute atomic E-state index is 12.2. The van der Waals surface area contributed by atoms with Crippen LogP contribution >= 0.6 is 0 Å². The maximum Gasteiger partial charge on any atom is 0.232 e. The third-order valence-corrected chi connectivity index (χ3v) is 3.54. The van der Waals surface area contributed by atoms with Crippen molar-refractivity contribution in [3.8, 4) is 0 Å². The molecule has 0 aromatic carbocycles. The zero-order valence-corrected chi connectivity index (χ0v) is 9.01. The molecule has 2 aliphatic heterocycles. The lowest BCUT2D eigenvalue weighted by Gasteiger charge is -2.28. The Morgan fingerprint density at radius 2 is 2.13 bits per heavy atom. The molecule has 0 saturated carbocycles. The van der Waals surface area contributed by atoms with E-state index in [1.165, 1.54) is 0 Å². The predicted octanol–water partition coefficient (Wildman–Crippen LogP) is 1.32. The molecule has 0 bridgehead atoms. The minimum absolute atomic E-state index is 0.000394. The van der Waals surface area contributed by atoms with Gasteiger partial charge in [-0.2, -0.15) is 0 Å². The largest absolute Gasteiger partial charge is 0.355 e. The molecule has 3 heteroatoms. The van der Waals surface area contributed by atoms with Crippen LogP contribution in [0.3, 0.4) is 0 Å². The van der Waals surface area contributed by atoms with Crippen molar-refractivity contribution >= 4 is 5.91 Å². The fourth-order valence-electron chi connectivity index (χ4n) is 2.79. The highest BCUT2D eigenvalue weighted by atomic mass is 16.5. The molecule has 0 aromatic rings. The van der Waals surface area contributed by atoms with Crippen molar-refractivity contribution in [2.45, 2.75) is 25.6 Å². The molecule has 3 rings (SSSR count). The number of rotatable bonds is 0. The molecule has 0 N–H and O–H groups in total. The van der Waals surface area contributed by atoms with Crippen LogP contribution in [0.25, 0.3) is 0 Å². The molecule has 2 fully saturated rings. The maximum atomic E-state index is 12.2. The highest BCUT2D eigenvalue weighted by Crippen LogP contribution is 2.43.